The second-order valence-corrected chi connectivity index (χ2v) is 5.55. The quantitative estimate of drug-likeness (QED) is 0.790. The zero-order chi connectivity index (χ0) is 16.4. The van der Waals surface area contributed by atoms with E-state index in [9.17, 15) is 14.4 Å². The lowest BCUT2D eigenvalue weighted by molar-refractivity contribution is -0.128. The Morgan fingerprint density at radius 2 is 1.95 bits per heavy atom. The third kappa shape index (κ3) is 3.10. The minimum atomic E-state index is -0.531. The molecular weight excluding hydrogens is 284 g/mol. The van der Waals surface area contributed by atoms with Crippen LogP contribution in [0.2, 0.25) is 0 Å². The van der Waals surface area contributed by atoms with Crippen LogP contribution < -0.4 is 9.64 Å². The van der Waals surface area contributed by atoms with Crippen LogP contribution in [0.5, 0.6) is 5.75 Å². The van der Waals surface area contributed by atoms with Gasteiger partial charge >= 0.3 is 0 Å². The molecule has 1 heterocycles. The molecule has 1 atom stereocenters. The van der Waals surface area contributed by atoms with Crippen molar-refractivity contribution in [1.82, 2.24) is 4.90 Å². The van der Waals surface area contributed by atoms with E-state index >= 15 is 0 Å². The molecule has 118 valence electrons. The molecule has 0 fully saturated rings. The molecule has 1 unspecified atom stereocenters. The number of ketones is 1. The third-order valence-electron chi connectivity index (χ3n) is 3.69. The van der Waals surface area contributed by atoms with Gasteiger partial charge in [-0.1, -0.05) is 0 Å². The van der Waals surface area contributed by atoms with Crippen molar-refractivity contribution in [1.29, 1.82) is 0 Å². The van der Waals surface area contributed by atoms with E-state index in [2.05, 4.69) is 0 Å². The zero-order valence-electron chi connectivity index (χ0n) is 13.3. The van der Waals surface area contributed by atoms with Crippen LogP contribution in [0.1, 0.15) is 30.1 Å². The molecule has 0 spiro atoms. The van der Waals surface area contributed by atoms with Crippen LogP contribution in [0.25, 0.3) is 0 Å². The molecule has 6 heteroatoms. The molecule has 0 bridgehead atoms. The molecular formula is C16H20N2O4. The van der Waals surface area contributed by atoms with Gasteiger partial charge in [0.1, 0.15) is 5.75 Å². The first-order chi connectivity index (χ1) is 10.3. The molecule has 2 amide bonds. The van der Waals surface area contributed by atoms with E-state index in [4.69, 9.17) is 4.74 Å². The summed E-state index contributed by atoms with van der Waals surface area (Å²) in [5, 5.41) is 0. The fraction of sp³-hybridized carbons (Fsp3) is 0.438. The number of rotatable bonds is 4. The molecule has 1 aromatic carbocycles. The van der Waals surface area contributed by atoms with Gasteiger partial charge in [-0.25, -0.2) is 0 Å². The fourth-order valence-electron chi connectivity index (χ4n) is 2.27. The molecule has 0 radical (unpaired) electrons. The second kappa shape index (κ2) is 6.17. The third-order valence-corrected chi connectivity index (χ3v) is 3.69. The van der Waals surface area contributed by atoms with Crippen LogP contribution in [0.3, 0.4) is 0 Å². The Kier molecular flexibility index (Phi) is 4.49. The maximum Gasteiger partial charge on any atom is 0.267 e. The van der Waals surface area contributed by atoms with Crippen molar-refractivity contribution in [3.8, 4) is 5.75 Å². The summed E-state index contributed by atoms with van der Waals surface area (Å²) < 4.78 is 5.52. The number of carbonyl (C=O) groups is 3. The Bertz CT molecular complexity index is 625. The molecule has 1 aromatic rings. The number of carbonyl (C=O) groups excluding carboxylic acids is 3. The van der Waals surface area contributed by atoms with E-state index < -0.39 is 6.10 Å². The number of ether oxygens (including phenoxy) is 1. The highest BCUT2D eigenvalue weighted by Gasteiger charge is 2.29. The van der Waals surface area contributed by atoms with Crippen LogP contribution in [0, 0.1) is 0 Å². The Morgan fingerprint density at radius 1 is 1.27 bits per heavy atom. The fourth-order valence-corrected chi connectivity index (χ4v) is 2.27. The van der Waals surface area contributed by atoms with Gasteiger partial charge in [0.05, 0.1) is 5.69 Å². The van der Waals surface area contributed by atoms with Crippen molar-refractivity contribution in [3.63, 3.8) is 0 Å². The standard InChI is InChI=1S/C16H20N2O4/c1-10-16(21)18(4)12-9-11(5-7-14(12)22-10)13(19)6-8-15(20)17(2)3/h5,7,9-10H,6,8H2,1-4H3. The topological polar surface area (TPSA) is 66.9 Å². The van der Waals surface area contributed by atoms with Crippen LogP contribution in [0.15, 0.2) is 18.2 Å². The zero-order valence-corrected chi connectivity index (χ0v) is 13.3. The van der Waals surface area contributed by atoms with E-state index in [1.165, 1.54) is 9.80 Å². The molecule has 0 aromatic heterocycles. The number of hydrogen-bond donors (Lipinski definition) is 0. The summed E-state index contributed by atoms with van der Waals surface area (Å²) >= 11 is 0. The van der Waals surface area contributed by atoms with Gasteiger partial charge in [0.15, 0.2) is 11.9 Å². The lowest BCUT2D eigenvalue weighted by Gasteiger charge is -2.30. The molecule has 22 heavy (non-hydrogen) atoms. The highest BCUT2D eigenvalue weighted by atomic mass is 16.5. The first-order valence-corrected chi connectivity index (χ1v) is 7.13. The summed E-state index contributed by atoms with van der Waals surface area (Å²) in [7, 11) is 4.97. The molecule has 0 aliphatic carbocycles. The summed E-state index contributed by atoms with van der Waals surface area (Å²) in [5.74, 6) is 0.212. The van der Waals surface area contributed by atoms with E-state index in [0.717, 1.165) is 0 Å². The largest absolute Gasteiger partial charge is 0.479 e. The lowest BCUT2D eigenvalue weighted by Crippen LogP contribution is -2.42. The van der Waals surface area contributed by atoms with Crippen LogP contribution in [-0.4, -0.2) is 49.7 Å². The van der Waals surface area contributed by atoms with Crippen LogP contribution in [-0.2, 0) is 9.59 Å². The van der Waals surface area contributed by atoms with Gasteiger partial charge in [-0.2, -0.15) is 0 Å². The Morgan fingerprint density at radius 3 is 2.59 bits per heavy atom. The van der Waals surface area contributed by atoms with Crippen LogP contribution in [0.4, 0.5) is 5.69 Å². The number of Topliss-reactive ketones (excluding diaryl/α,β-unsaturated/α-hetero) is 1. The first kappa shape index (κ1) is 16.0. The number of hydrogen-bond acceptors (Lipinski definition) is 4. The van der Waals surface area contributed by atoms with E-state index in [1.54, 1.807) is 46.3 Å². The van der Waals surface area contributed by atoms with Crippen LogP contribution >= 0.6 is 0 Å². The lowest BCUT2D eigenvalue weighted by atomic mass is 10.0. The number of nitrogens with zero attached hydrogens (tertiary/aromatic N) is 2. The van der Waals surface area contributed by atoms with Gasteiger partial charge in [-0.3, -0.25) is 14.4 Å². The van der Waals surface area contributed by atoms with Crippen molar-refractivity contribution in [2.75, 3.05) is 26.0 Å². The van der Waals surface area contributed by atoms with Crippen molar-refractivity contribution >= 4 is 23.3 Å². The predicted molar refractivity (Wildman–Crippen MR) is 82.2 cm³/mol. The predicted octanol–water partition coefficient (Wildman–Crippen LogP) is 1.48. The summed E-state index contributed by atoms with van der Waals surface area (Å²) in [6.45, 7) is 1.69. The van der Waals surface area contributed by atoms with Gasteiger partial charge in [0.25, 0.3) is 5.91 Å². The summed E-state index contributed by atoms with van der Waals surface area (Å²) in [6.07, 6.45) is -0.215. The van der Waals surface area contributed by atoms with Gasteiger partial charge < -0.3 is 14.5 Å². The van der Waals surface area contributed by atoms with Gasteiger partial charge in [-0.05, 0) is 25.1 Å². The highest BCUT2D eigenvalue weighted by molar-refractivity contribution is 6.03. The van der Waals surface area contributed by atoms with Gasteiger partial charge in [-0.15, -0.1) is 0 Å². The minimum Gasteiger partial charge on any atom is -0.479 e. The Hall–Kier alpha value is -2.37. The SMILES string of the molecule is CC1Oc2ccc(C(=O)CCC(=O)N(C)C)cc2N(C)C1=O. The maximum atomic E-state index is 12.2. The number of benzene rings is 1. The molecule has 2 rings (SSSR count). The summed E-state index contributed by atoms with van der Waals surface area (Å²) in [4.78, 5) is 38.6. The Balaban J connectivity index is 2.16. The van der Waals surface area contributed by atoms with Gasteiger partial charge in [0, 0.05) is 39.5 Å². The molecule has 0 N–H and O–H groups in total. The molecule has 0 saturated heterocycles. The van der Waals surface area contributed by atoms with Crippen molar-refractivity contribution < 1.29 is 19.1 Å². The Labute approximate surface area is 129 Å². The van der Waals surface area contributed by atoms with Gasteiger partial charge in [0.2, 0.25) is 5.91 Å². The number of amides is 2. The van der Waals surface area contributed by atoms with Crippen molar-refractivity contribution in [3.05, 3.63) is 23.8 Å². The first-order valence-electron chi connectivity index (χ1n) is 7.13. The minimum absolute atomic E-state index is 0.0873. The van der Waals surface area contributed by atoms with Crippen molar-refractivity contribution in [2.24, 2.45) is 0 Å². The monoisotopic (exact) mass is 304 g/mol. The highest BCUT2D eigenvalue weighted by Crippen LogP contribution is 2.34. The number of anilines is 1. The van der Waals surface area contributed by atoms with E-state index in [0.29, 0.717) is 17.0 Å². The molecule has 0 saturated carbocycles. The molecule has 6 nitrogen and oxygen atoms in total. The van der Waals surface area contributed by atoms with Crippen molar-refractivity contribution in [2.45, 2.75) is 25.9 Å². The second-order valence-electron chi connectivity index (χ2n) is 5.55. The van der Waals surface area contributed by atoms with E-state index in [-0.39, 0.29) is 30.4 Å². The number of likely N-dealkylation sites (N-methyl/N-ethyl adjacent to an activating group) is 1. The average Bonchev–Trinajstić information content (AvgIpc) is 2.49. The number of fused-ring (bicyclic) bond motifs is 1. The van der Waals surface area contributed by atoms with E-state index in [1.807, 2.05) is 0 Å². The molecule has 1 aliphatic rings. The summed E-state index contributed by atoms with van der Waals surface area (Å²) in [5.41, 5.74) is 1.05. The average molecular weight is 304 g/mol. The normalized spacial score (nSPS) is 16.8. The summed E-state index contributed by atoms with van der Waals surface area (Å²) in [6, 6.07) is 5.00. The smallest absolute Gasteiger partial charge is 0.267 e. The molecule has 1 aliphatic heterocycles. The maximum absolute atomic E-state index is 12.2.